The number of thiophene rings is 1. The quantitative estimate of drug-likeness (QED) is 0.864. The Labute approximate surface area is 105 Å². The van der Waals surface area contributed by atoms with Crippen LogP contribution in [0.4, 0.5) is 5.00 Å². The number of hydrogen-bond donors (Lipinski definition) is 2. The fourth-order valence-electron chi connectivity index (χ4n) is 1.35. The lowest BCUT2D eigenvalue weighted by atomic mass is 10.1. The van der Waals surface area contributed by atoms with Crippen LogP contribution in [0.25, 0.3) is 0 Å². The lowest BCUT2D eigenvalue weighted by molar-refractivity contribution is -0.118. The zero-order chi connectivity index (χ0) is 13.2. The number of aryl methyl sites for hydroxylation is 1. The fourth-order valence-corrected chi connectivity index (χ4v) is 2.36. The van der Waals surface area contributed by atoms with E-state index in [1.165, 1.54) is 11.3 Å². The monoisotopic (exact) mass is 251 g/mol. The molecule has 0 spiro atoms. The highest BCUT2D eigenvalue weighted by molar-refractivity contribution is 7.16. The molecule has 3 N–H and O–H groups in total. The van der Waals surface area contributed by atoms with E-state index >= 15 is 0 Å². The number of hydrogen-bond acceptors (Lipinski definition) is 4. The first kappa shape index (κ1) is 13.7. The van der Waals surface area contributed by atoms with Gasteiger partial charge in [0.1, 0.15) is 11.1 Å². The Bertz CT molecular complexity index is 471. The van der Waals surface area contributed by atoms with E-state index in [2.05, 4.69) is 11.4 Å². The second-order valence-corrected chi connectivity index (χ2v) is 5.58. The summed E-state index contributed by atoms with van der Waals surface area (Å²) in [4.78, 5) is 12.8. The Morgan fingerprint density at radius 1 is 1.47 bits per heavy atom. The number of nitriles is 1. The van der Waals surface area contributed by atoms with E-state index in [0.717, 1.165) is 10.4 Å². The topological polar surface area (TPSA) is 78.9 Å². The number of anilines is 1. The zero-order valence-electron chi connectivity index (χ0n) is 10.5. The molecule has 5 heteroatoms. The maximum atomic E-state index is 11.8. The molecule has 0 aliphatic heterocycles. The molecule has 0 aromatic carbocycles. The predicted octanol–water partition coefficient (Wildman–Crippen LogP) is 2.16. The van der Waals surface area contributed by atoms with Crippen molar-refractivity contribution < 1.29 is 4.79 Å². The van der Waals surface area contributed by atoms with Crippen LogP contribution in [0.1, 0.15) is 29.9 Å². The molecule has 1 heterocycles. The third kappa shape index (κ3) is 2.84. The molecule has 17 heavy (non-hydrogen) atoms. The molecule has 1 amide bonds. The van der Waals surface area contributed by atoms with Gasteiger partial charge in [-0.2, -0.15) is 5.26 Å². The van der Waals surface area contributed by atoms with Crippen LogP contribution in [-0.2, 0) is 4.79 Å². The Balaban J connectivity index is 2.94. The summed E-state index contributed by atoms with van der Waals surface area (Å²) >= 11 is 1.41. The highest BCUT2D eigenvalue weighted by atomic mass is 32.1. The van der Waals surface area contributed by atoms with Gasteiger partial charge in [0, 0.05) is 4.88 Å². The maximum absolute atomic E-state index is 11.8. The van der Waals surface area contributed by atoms with Crippen LogP contribution in [0.15, 0.2) is 0 Å². The molecule has 0 radical (unpaired) electrons. The molecule has 4 nitrogen and oxygen atoms in total. The van der Waals surface area contributed by atoms with Gasteiger partial charge in [-0.3, -0.25) is 4.79 Å². The third-order valence-corrected chi connectivity index (χ3v) is 3.88. The lowest BCUT2D eigenvalue weighted by Gasteiger charge is -2.14. The summed E-state index contributed by atoms with van der Waals surface area (Å²) in [6.07, 6.45) is 0. The third-order valence-electron chi connectivity index (χ3n) is 2.75. The Kier molecular flexibility index (Phi) is 4.27. The van der Waals surface area contributed by atoms with Gasteiger partial charge in [0.25, 0.3) is 0 Å². The highest BCUT2D eigenvalue weighted by Gasteiger charge is 2.20. The van der Waals surface area contributed by atoms with E-state index in [4.69, 9.17) is 11.0 Å². The molecule has 0 bridgehead atoms. The van der Waals surface area contributed by atoms with Crippen LogP contribution < -0.4 is 11.1 Å². The molecule has 0 fully saturated rings. The van der Waals surface area contributed by atoms with Crippen molar-refractivity contribution in [2.45, 2.75) is 33.7 Å². The minimum absolute atomic E-state index is 0.0719. The average Bonchev–Trinajstić information content (AvgIpc) is 2.53. The van der Waals surface area contributed by atoms with Crippen LogP contribution in [0.3, 0.4) is 0 Å². The molecule has 0 aliphatic carbocycles. The van der Waals surface area contributed by atoms with E-state index in [0.29, 0.717) is 10.6 Å². The Morgan fingerprint density at radius 2 is 2.06 bits per heavy atom. The van der Waals surface area contributed by atoms with Crippen LogP contribution in [0, 0.1) is 31.1 Å². The number of rotatable bonds is 3. The second-order valence-electron chi connectivity index (χ2n) is 4.36. The zero-order valence-corrected chi connectivity index (χ0v) is 11.3. The number of amides is 1. The molecule has 1 aromatic heterocycles. The van der Waals surface area contributed by atoms with E-state index in [1.807, 2.05) is 27.7 Å². The van der Waals surface area contributed by atoms with Gasteiger partial charge in [0.15, 0.2) is 0 Å². The van der Waals surface area contributed by atoms with Gasteiger partial charge in [0.2, 0.25) is 5.91 Å². The molecular formula is C12H17N3OS. The van der Waals surface area contributed by atoms with E-state index in [-0.39, 0.29) is 11.8 Å². The van der Waals surface area contributed by atoms with Crippen molar-refractivity contribution >= 4 is 22.2 Å². The number of carbonyl (C=O) groups is 1. The van der Waals surface area contributed by atoms with Crippen molar-refractivity contribution in [2.75, 3.05) is 5.32 Å². The normalized spacial score (nSPS) is 12.3. The molecule has 92 valence electrons. The van der Waals surface area contributed by atoms with Crippen molar-refractivity contribution in [3.63, 3.8) is 0 Å². The van der Waals surface area contributed by atoms with Crippen molar-refractivity contribution in [3.05, 3.63) is 16.0 Å². The van der Waals surface area contributed by atoms with Gasteiger partial charge in [-0.15, -0.1) is 11.3 Å². The Morgan fingerprint density at radius 3 is 2.53 bits per heavy atom. The van der Waals surface area contributed by atoms with Gasteiger partial charge in [0.05, 0.1) is 11.6 Å². The SMILES string of the molecule is Cc1sc(NC(=O)[C@@H](N)C(C)C)c(C#N)c1C. The van der Waals surface area contributed by atoms with Gasteiger partial charge in [-0.05, 0) is 25.3 Å². The van der Waals surface area contributed by atoms with Gasteiger partial charge >= 0.3 is 0 Å². The number of nitrogens with one attached hydrogen (secondary N) is 1. The lowest BCUT2D eigenvalue weighted by Crippen LogP contribution is -2.39. The van der Waals surface area contributed by atoms with Crippen molar-refractivity contribution in [1.82, 2.24) is 0 Å². The molecular weight excluding hydrogens is 234 g/mol. The summed E-state index contributed by atoms with van der Waals surface area (Å²) in [7, 11) is 0. The van der Waals surface area contributed by atoms with Crippen molar-refractivity contribution in [1.29, 1.82) is 5.26 Å². The summed E-state index contributed by atoms with van der Waals surface area (Å²) < 4.78 is 0. The van der Waals surface area contributed by atoms with Gasteiger partial charge < -0.3 is 11.1 Å². The summed E-state index contributed by atoms with van der Waals surface area (Å²) in [6, 6.07) is 1.56. The number of carbonyl (C=O) groups excluding carboxylic acids is 1. The molecule has 1 atom stereocenters. The largest absolute Gasteiger partial charge is 0.320 e. The van der Waals surface area contributed by atoms with E-state index in [1.54, 1.807) is 0 Å². The summed E-state index contributed by atoms with van der Waals surface area (Å²) in [5.41, 5.74) is 7.21. The number of nitrogens with two attached hydrogens (primary N) is 1. The van der Waals surface area contributed by atoms with Crippen LogP contribution in [0.2, 0.25) is 0 Å². The smallest absolute Gasteiger partial charge is 0.242 e. The maximum Gasteiger partial charge on any atom is 0.242 e. The first-order chi connectivity index (χ1) is 7.88. The van der Waals surface area contributed by atoms with Crippen molar-refractivity contribution in [3.8, 4) is 6.07 Å². The van der Waals surface area contributed by atoms with Gasteiger partial charge in [-0.25, -0.2) is 0 Å². The molecule has 0 aliphatic rings. The molecule has 0 unspecified atom stereocenters. The minimum atomic E-state index is -0.552. The molecule has 1 rings (SSSR count). The average molecular weight is 251 g/mol. The van der Waals surface area contributed by atoms with Crippen molar-refractivity contribution in [2.24, 2.45) is 11.7 Å². The van der Waals surface area contributed by atoms with Crippen LogP contribution in [0.5, 0.6) is 0 Å². The van der Waals surface area contributed by atoms with Gasteiger partial charge in [-0.1, -0.05) is 13.8 Å². The highest BCUT2D eigenvalue weighted by Crippen LogP contribution is 2.31. The standard InChI is InChI=1S/C12H17N3OS/c1-6(2)10(14)11(16)15-12-9(5-13)7(3)8(4)17-12/h6,10H,14H2,1-4H3,(H,15,16)/t10-/m0/s1. The molecule has 1 aromatic rings. The minimum Gasteiger partial charge on any atom is -0.320 e. The summed E-state index contributed by atoms with van der Waals surface area (Å²) in [5, 5.41) is 12.4. The second kappa shape index (κ2) is 5.30. The first-order valence-electron chi connectivity index (χ1n) is 5.45. The molecule has 0 saturated heterocycles. The first-order valence-corrected chi connectivity index (χ1v) is 6.26. The summed E-state index contributed by atoms with van der Waals surface area (Å²) in [5.74, 6) is -0.166. The van der Waals surface area contributed by atoms with Crippen LogP contribution >= 0.6 is 11.3 Å². The van der Waals surface area contributed by atoms with E-state index in [9.17, 15) is 4.79 Å². The Hall–Kier alpha value is -1.38. The molecule has 0 saturated carbocycles. The van der Waals surface area contributed by atoms with E-state index < -0.39 is 6.04 Å². The summed E-state index contributed by atoms with van der Waals surface area (Å²) in [6.45, 7) is 7.59. The number of nitrogens with zero attached hydrogens (tertiary/aromatic N) is 1. The fraction of sp³-hybridized carbons (Fsp3) is 0.500. The predicted molar refractivity (Wildman–Crippen MR) is 70.0 cm³/mol. The van der Waals surface area contributed by atoms with Crippen LogP contribution in [-0.4, -0.2) is 11.9 Å².